The van der Waals surface area contributed by atoms with Gasteiger partial charge in [0.1, 0.15) is 5.82 Å². The SMILES string of the molecule is CN=C(NCCNC(=O)C(C)(C)C)NC1CCN(Cc2ccc(F)cc2)CC1. The van der Waals surface area contributed by atoms with Crippen molar-refractivity contribution >= 4 is 11.9 Å². The Hall–Kier alpha value is -2.15. The molecule has 6 nitrogen and oxygen atoms in total. The third kappa shape index (κ3) is 7.46. The summed E-state index contributed by atoms with van der Waals surface area (Å²) in [5.74, 6) is 0.622. The van der Waals surface area contributed by atoms with E-state index in [1.165, 1.54) is 12.1 Å². The summed E-state index contributed by atoms with van der Waals surface area (Å²) in [5.41, 5.74) is 0.768. The zero-order valence-electron chi connectivity index (χ0n) is 17.5. The molecule has 1 fully saturated rings. The van der Waals surface area contributed by atoms with Gasteiger partial charge in [-0.2, -0.15) is 0 Å². The Labute approximate surface area is 168 Å². The van der Waals surface area contributed by atoms with Crippen LogP contribution in [0.25, 0.3) is 0 Å². The summed E-state index contributed by atoms with van der Waals surface area (Å²) in [7, 11) is 1.76. The Morgan fingerprint density at radius 1 is 1.14 bits per heavy atom. The molecule has 1 heterocycles. The summed E-state index contributed by atoms with van der Waals surface area (Å²) < 4.78 is 13.0. The van der Waals surface area contributed by atoms with Crippen LogP contribution in [-0.4, -0.2) is 56.0 Å². The van der Waals surface area contributed by atoms with Gasteiger partial charge in [-0.05, 0) is 30.5 Å². The lowest BCUT2D eigenvalue weighted by Gasteiger charge is -2.33. The molecule has 0 saturated carbocycles. The highest BCUT2D eigenvalue weighted by Gasteiger charge is 2.21. The van der Waals surface area contributed by atoms with Gasteiger partial charge in [-0.3, -0.25) is 14.7 Å². The fourth-order valence-electron chi connectivity index (χ4n) is 3.09. The van der Waals surface area contributed by atoms with Crippen molar-refractivity contribution < 1.29 is 9.18 Å². The predicted molar refractivity (Wildman–Crippen MR) is 112 cm³/mol. The molecule has 1 saturated heterocycles. The van der Waals surface area contributed by atoms with Crippen LogP contribution in [0.4, 0.5) is 4.39 Å². The van der Waals surface area contributed by atoms with Crippen molar-refractivity contribution in [3.8, 4) is 0 Å². The number of amides is 1. The van der Waals surface area contributed by atoms with Crippen molar-refractivity contribution in [2.24, 2.45) is 10.4 Å². The molecule has 0 bridgehead atoms. The predicted octanol–water partition coefficient (Wildman–Crippen LogP) is 2.12. The van der Waals surface area contributed by atoms with Gasteiger partial charge in [-0.25, -0.2) is 4.39 Å². The molecular weight excluding hydrogens is 357 g/mol. The topological polar surface area (TPSA) is 68.8 Å². The van der Waals surface area contributed by atoms with Crippen LogP contribution in [0.15, 0.2) is 29.3 Å². The lowest BCUT2D eigenvalue weighted by molar-refractivity contribution is -0.128. The zero-order chi connectivity index (χ0) is 20.6. The summed E-state index contributed by atoms with van der Waals surface area (Å²) >= 11 is 0. The molecule has 2 rings (SSSR count). The average molecular weight is 392 g/mol. The standard InChI is InChI=1S/C21H34FN5O/c1-21(2,3)19(28)24-11-12-25-20(23-4)26-18-9-13-27(14-10-18)15-16-5-7-17(22)8-6-16/h5-8,18H,9-15H2,1-4H3,(H,24,28)(H2,23,25,26). The van der Waals surface area contributed by atoms with Crippen LogP contribution in [0.2, 0.25) is 0 Å². The van der Waals surface area contributed by atoms with E-state index in [-0.39, 0.29) is 17.1 Å². The Kier molecular flexibility index (Phi) is 8.23. The van der Waals surface area contributed by atoms with Crippen molar-refractivity contribution in [1.82, 2.24) is 20.9 Å². The Bertz CT molecular complexity index is 646. The monoisotopic (exact) mass is 391 g/mol. The van der Waals surface area contributed by atoms with Gasteiger partial charge in [0, 0.05) is 51.2 Å². The smallest absolute Gasteiger partial charge is 0.225 e. The maximum atomic E-state index is 13.0. The van der Waals surface area contributed by atoms with Crippen LogP contribution in [0.3, 0.4) is 0 Å². The van der Waals surface area contributed by atoms with Gasteiger partial charge in [-0.1, -0.05) is 32.9 Å². The first kappa shape index (κ1) is 22.1. The molecule has 0 atom stereocenters. The van der Waals surface area contributed by atoms with Gasteiger partial charge >= 0.3 is 0 Å². The number of nitrogens with zero attached hydrogens (tertiary/aromatic N) is 2. The van der Waals surface area contributed by atoms with Gasteiger partial charge in [0.25, 0.3) is 0 Å². The molecule has 1 aliphatic heterocycles. The number of hydrogen-bond donors (Lipinski definition) is 3. The van der Waals surface area contributed by atoms with Crippen LogP contribution >= 0.6 is 0 Å². The second-order valence-corrected chi connectivity index (χ2v) is 8.33. The first-order valence-electron chi connectivity index (χ1n) is 10.00. The summed E-state index contributed by atoms with van der Waals surface area (Å²) in [5, 5.41) is 9.64. The number of guanidine groups is 1. The maximum absolute atomic E-state index is 13.0. The molecular formula is C21H34FN5O. The summed E-state index contributed by atoms with van der Waals surface area (Å²) in [6, 6.07) is 7.11. The van der Waals surface area contributed by atoms with Crippen molar-refractivity contribution in [3.05, 3.63) is 35.6 Å². The molecule has 0 aliphatic carbocycles. The van der Waals surface area contributed by atoms with Crippen LogP contribution in [0.5, 0.6) is 0 Å². The fourth-order valence-corrected chi connectivity index (χ4v) is 3.09. The molecule has 28 heavy (non-hydrogen) atoms. The van der Waals surface area contributed by atoms with E-state index in [1.54, 1.807) is 7.05 Å². The highest BCUT2D eigenvalue weighted by atomic mass is 19.1. The third-order valence-electron chi connectivity index (χ3n) is 4.86. The van der Waals surface area contributed by atoms with Crippen molar-refractivity contribution in [3.63, 3.8) is 0 Å². The number of benzene rings is 1. The molecule has 0 radical (unpaired) electrons. The maximum Gasteiger partial charge on any atom is 0.225 e. The largest absolute Gasteiger partial charge is 0.355 e. The van der Waals surface area contributed by atoms with Crippen LogP contribution in [0.1, 0.15) is 39.2 Å². The molecule has 0 aromatic heterocycles. The molecule has 1 aliphatic rings. The van der Waals surface area contributed by atoms with Crippen molar-refractivity contribution in [2.75, 3.05) is 33.2 Å². The number of hydrogen-bond acceptors (Lipinski definition) is 3. The number of rotatable bonds is 6. The minimum Gasteiger partial charge on any atom is -0.355 e. The number of aliphatic imine (C=N–C) groups is 1. The van der Waals surface area contributed by atoms with Gasteiger partial charge in [0.05, 0.1) is 0 Å². The number of nitrogens with one attached hydrogen (secondary N) is 3. The van der Waals surface area contributed by atoms with E-state index >= 15 is 0 Å². The van der Waals surface area contributed by atoms with E-state index in [0.717, 1.165) is 44.0 Å². The molecule has 0 unspecified atom stereocenters. The molecule has 1 amide bonds. The molecule has 1 aromatic rings. The molecule has 156 valence electrons. The van der Waals surface area contributed by atoms with Crippen LogP contribution < -0.4 is 16.0 Å². The summed E-state index contributed by atoms with van der Waals surface area (Å²) in [4.78, 5) is 18.5. The average Bonchev–Trinajstić information content (AvgIpc) is 2.66. The van der Waals surface area contributed by atoms with E-state index in [9.17, 15) is 9.18 Å². The number of carbonyl (C=O) groups is 1. The summed E-state index contributed by atoms with van der Waals surface area (Å²) in [6.45, 7) is 9.74. The van der Waals surface area contributed by atoms with Crippen molar-refractivity contribution in [2.45, 2.75) is 46.2 Å². The second kappa shape index (κ2) is 10.4. The Balaban J connectivity index is 1.66. The zero-order valence-corrected chi connectivity index (χ0v) is 17.5. The van der Waals surface area contributed by atoms with Crippen LogP contribution in [0, 0.1) is 11.2 Å². The second-order valence-electron chi connectivity index (χ2n) is 8.33. The number of carbonyl (C=O) groups excluding carboxylic acids is 1. The van der Waals surface area contributed by atoms with E-state index in [4.69, 9.17) is 0 Å². The van der Waals surface area contributed by atoms with E-state index in [0.29, 0.717) is 19.1 Å². The van der Waals surface area contributed by atoms with Crippen LogP contribution in [-0.2, 0) is 11.3 Å². The highest BCUT2D eigenvalue weighted by molar-refractivity contribution is 5.82. The Morgan fingerprint density at radius 2 is 1.75 bits per heavy atom. The molecule has 0 spiro atoms. The fraction of sp³-hybridized carbons (Fsp3) is 0.619. The first-order valence-corrected chi connectivity index (χ1v) is 10.00. The lowest BCUT2D eigenvalue weighted by atomic mass is 9.96. The number of piperidine rings is 1. The van der Waals surface area contributed by atoms with Gasteiger partial charge < -0.3 is 16.0 Å². The van der Waals surface area contributed by atoms with Gasteiger partial charge in [0.15, 0.2) is 5.96 Å². The molecule has 1 aromatic carbocycles. The van der Waals surface area contributed by atoms with E-state index in [2.05, 4.69) is 25.8 Å². The Morgan fingerprint density at radius 3 is 2.32 bits per heavy atom. The highest BCUT2D eigenvalue weighted by Crippen LogP contribution is 2.14. The van der Waals surface area contributed by atoms with Crippen molar-refractivity contribution in [1.29, 1.82) is 0 Å². The molecule has 7 heteroatoms. The summed E-state index contributed by atoms with van der Waals surface area (Å²) in [6.07, 6.45) is 2.06. The third-order valence-corrected chi connectivity index (χ3v) is 4.86. The molecule has 3 N–H and O–H groups in total. The minimum absolute atomic E-state index is 0.0470. The number of halogens is 1. The minimum atomic E-state index is -0.373. The van der Waals surface area contributed by atoms with Gasteiger partial charge in [0.2, 0.25) is 5.91 Å². The first-order chi connectivity index (χ1) is 13.3. The van der Waals surface area contributed by atoms with E-state index in [1.807, 2.05) is 32.9 Å². The van der Waals surface area contributed by atoms with E-state index < -0.39 is 0 Å². The number of likely N-dealkylation sites (tertiary alicyclic amines) is 1. The van der Waals surface area contributed by atoms with Gasteiger partial charge in [-0.15, -0.1) is 0 Å². The normalized spacial score (nSPS) is 16.7. The quantitative estimate of drug-likeness (QED) is 0.395. The lowest BCUT2D eigenvalue weighted by Crippen LogP contribution is -2.49.